The van der Waals surface area contributed by atoms with E-state index in [1.54, 1.807) is 12.1 Å². The SMILES string of the molecule is O=c1c2c(CO)c(-c3ccccc3)nn2ccn1Cc1ccccc1C(F)(F)F. The Hall–Kier alpha value is -3.39. The van der Waals surface area contributed by atoms with Crippen molar-refractivity contribution < 1.29 is 18.3 Å². The van der Waals surface area contributed by atoms with E-state index in [0.29, 0.717) is 11.3 Å². The molecule has 8 heteroatoms. The molecule has 0 unspecified atom stereocenters. The third-order valence-electron chi connectivity index (χ3n) is 4.73. The zero-order valence-corrected chi connectivity index (χ0v) is 15.1. The first kappa shape index (κ1) is 18.9. The normalized spacial score (nSPS) is 11.9. The average Bonchev–Trinajstić information content (AvgIpc) is 3.10. The van der Waals surface area contributed by atoms with E-state index < -0.39 is 23.9 Å². The number of aliphatic hydroxyl groups is 1. The number of fused-ring (bicyclic) bond motifs is 1. The number of halogens is 3. The minimum Gasteiger partial charge on any atom is -0.392 e. The molecule has 5 nitrogen and oxygen atoms in total. The van der Waals surface area contributed by atoms with Gasteiger partial charge in [0.25, 0.3) is 5.56 Å². The minimum atomic E-state index is -4.52. The molecular weight excluding hydrogens is 383 g/mol. The van der Waals surface area contributed by atoms with E-state index in [4.69, 9.17) is 0 Å². The van der Waals surface area contributed by atoms with Crippen LogP contribution in [-0.4, -0.2) is 19.3 Å². The van der Waals surface area contributed by atoms with Crippen molar-refractivity contribution in [3.8, 4) is 11.3 Å². The van der Waals surface area contributed by atoms with E-state index in [1.807, 2.05) is 18.2 Å². The van der Waals surface area contributed by atoms with Gasteiger partial charge >= 0.3 is 6.18 Å². The Morgan fingerprint density at radius 2 is 1.66 bits per heavy atom. The highest BCUT2D eigenvalue weighted by molar-refractivity contribution is 5.72. The maximum absolute atomic E-state index is 13.3. The van der Waals surface area contributed by atoms with Crippen LogP contribution in [-0.2, 0) is 19.3 Å². The molecule has 29 heavy (non-hydrogen) atoms. The molecule has 0 saturated heterocycles. The molecule has 0 spiro atoms. The fraction of sp³-hybridized carbons (Fsp3) is 0.143. The van der Waals surface area contributed by atoms with Gasteiger partial charge in [0.05, 0.1) is 24.4 Å². The van der Waals surface area contributed by atoms with Gasteiger partial charge in [-0.2, -0.15) is 18.3 Å². The van der Waals surface area contributed by atoms with Gasteiger partial charge in [-0.25, -0.2) is 4.52 Å². The zero-order chi connectivity index (χ0) is 20.6. The van der Waals surface area contributed by atoms with Crippen molar-refractivity contribution in [2.24, 2.45) is 0 Å². The van der Waals surface area contributed by atoms with Gasteiger partial charge < -0.3 is 9.67 Å². The maximum Gasteiger partial charge on any atom is 0.416 e. The van der Waals surface area contributed by atoms with Gasteiger partial charge in [-0.05, 0) is 11.6 Å². The van der Waals surface area contributed by atoms with Crippen LogP contribution < -0.4 is 5.56 Å². The molecule has 2 aromatic heterocycles. The lowest BCUT2D eigenvalue weighted by Gasteiger charge is -2.14. The Morgan fingerprint density at radius 3 is 2.34 bits per heavy atom. The van der Waals surface area contributed by atoms with Crippen molar-refractivity contribution in [3.63, 3.8) is 0 Å². The summed E-state index contributed by atoms with van der Waals surface area (Å²) in [5, 5.41) is 14.3. The number of nitrogens with zero attached hydrogens (tertiary/aromatic N) is 3. The van der Waals surface area contributed by atoms with Crippen LogP contribution in [0.4, 0.5) is 13.2 Å². The lowest BCUT2D eigenvalue weighted by atomic mass is 10.1. The number of aliphatic hydroxyl groups excluding tert-OH is 1. The molecule has 2 heterocycles. The molecule has 0 saturated carbocycles. The molecule has 0 atom stereocenters. The number of hydrogen-bond donors (Lipinski definition) is 1. The van der Waals surface area contributed by atoms with E-state index in [9.17, 15) is 23.1 Å². The number of rotatable bonds is 4. The molecule has 1 N–H and O–H groups in total. The molecule has 2 aromatic carbocycles. The number of benzene rings is 2. The van der Waals surface area contributed by atoms with Gasteiger partial charge in [0.15, 0.2) is 0 Å². The Labute approximate surface area is 163 Å². The second-order valence-electron chi connectivity index (χ2n) is 6.53. The van der Waals surface area contributed by atoms with Crippen LogP contribution in [0.25, 0.3) is 16.8 Å². The van der Waals surface area contributed by atoms with Crippen LogP contribution in [0.1, 0.15) is 16.7 Å². The first-order chi connectivity index (χ1) is 13.9. The molecule has 0 aliphatic rings. The molecule has 4 aromatic rings. The largest absolute Gasteiger partial charge is 0.416 e. The predicted octanol–water partition coefficient (Wildman–Crippen LogP) is 3.72. The van der Waals surface area contributed by atoms with Crippen molar-refractivity contribution >= 4 is 5.52 Å². The summed E-state index contributed by atoms with van der Waals surface area (Å²) in [6, 6.07) is 14.2. The van der Waals surface area contributed by atoms with E-state index in [2.05, 4.69) is 5.10 Å². The smallest absolute Gasteiger partial charge is 0.392 e. The highest BCUT2D eigenvalue weighted by atomic mass is 19.4. The van der Waals surface area contributed by atoms with E-state index in [1.165, 1.54) is 39.7 Å². The van der Waals surface area contributed by atoms with E-state index in [-0.39, 0.29) is 17.6 Å². The molecule has 0 aliphatic heterocycles. The number of aromatic nitrogens is 3. The van der Waals surface area contributed by atoms with Gasteiger partial charge in [-0.1, -0.05) is 48.5 Å². The Bertz CT molecular complexity index is 1230. The number of hydrogen-bond acceptors (Lipinski definition) is 3. The molecule has 4 rings (SSSR count). The Kier molecular flexibility index (Phi) is 4.71. The molecule has 0 aliphatic carbocycles. The molecular formula is C21H16F3N3O2. The second-order valence-corrected chi connectivity index (χ2v) is 6.53. The average molecular weight is 399 g/mol. The molecule has 0 radical (unpaired) electrons. The molecule has 0 bridgehead atoms. The van der Waals surface area contributed by atoms with Gasteiger partial charge in [-0.15, -0.1) is 0 Å². The van der Waals surface area contributed by atoms with Crippen LogP contribution in [0.2, 0.25) is 0 Å². The summed E-state index contributed by atoms with van der Waals surface area (Å²) < 4.78 is 42.4. The highest BCUT2D eigenvalue weighted by Gasteiger charge is 2.33. The van der Waals surface area contributed by atoms with Crippen LogP contribution >= 0.6 is 0 Å². The van der Waals surface area contributed by atoms with Crippen LogP contribution in [0.5, 0.6) is 0 Å². The maximum atomic E-state index is 13.3. The number of alkyl halides is 3. The van der Waals surface area contributed by atoms with E-state index >= 15 is 0 Å². The summed E-state index contributed by atoms with van der Waals surface area (Å²) in [5.41, 5.74) is 0.334. The standard InChI is InChI=1S/C21H16F3N3O2/c22-21(23,24)17-9-5-4-8-15(17)12-26-10-11-27-19(20(26)29)16(13-28)18(25-27)14-6-2-1-3-7-14/h1-11,28H,12-13H2. The lowest BCUT2D eigenvalue weighted by molar-refractivity contribution is -0.138. The van der Waals surface area contributed by atoms with Gasteiger partial charge in [-0.3, -0.25) is 4.79 Å². The summed E-state index contributed by atoms with van der Waals surface area (Å²) >= 11 is 0. The predicted molar refractivity (Wildman–Crippen MR) is 101 cm³/mol. The van der Waals surface area contributed by atoms with Gasteiger partial charge in [0, 0.05) is 23.5 Å². The summed E-state index contributed by atoms with van der Waals surface area (Å²) in [7, 11) is 0. The Balaban J connectivity index is 1.85. The van der Waals surface area contributed by atoms with Crippen LogP contribution in [0.3, 0.4) is 0 Å². The molecule has 0 amide bonds. The third kappa shape index (κ3) is 3.42. The van der Waals surface area contributed by atoms with Crippen LogP contribution in [0, 0.1) is 0 Å². The van der Waals surface area contributed by atoms with Crippen molar-refractivity contribution in [1.82, 2.24) is 14.2 Å². The summed E-state index contributed by atoms with van der Waals surface area (Å²) in [5.74, 6) is 0. The van der Waals surface area contributed by atoms with Crippen molar-refractivity contribution in [2.45, 2.75) is 19.3 Å². The fourth-order valence-corrected chi connectivity index (χ4v) is 3.37. The Morgan fingerprint density at radius 1 is 0.966 bits per heavy atom. The summed E-state index contributed by atoms with van der Waals surface area (Å²) in [6.07, 6.45) is -1.62. The zero-order valence-electron chi connectivity index (χ0n) is 15.1. The lowest BCUT2D eigenvalue weighted by Crippen LogP contribution is -2.24. The first-order valence-corrected chi connectivity index (χ1v) is 8.82. The monoisotopic (exact) mass is 399 g/mol. The topological polar surface area (TPSA) is 59.5 Å². The first-order valence-electron chi connectivity index (χ1n) is 8.82. The van der Waals surface area contributed by atoms with Crippen LogP contribution in [0.15, 0.2) is 71.8 Å². The van der Waals surface area contributed by atoms with Crippen molar-refractivity contribution in [1.29, 1.82) is 0 Å². The molecule has 148 valence electrons. The summed E-state index contributed by atoms with van der Waals surface area (Å²) in [6.45, 7) is -0.673. The van der Waals surface area contributed by atoms with Crippen molar-refractivity contribution in [3.05, 3.63) is 94.0 Å². The quantitative estimate of drug-likeness (QED) is 0.569. The highest BCUT2D eigenvalue weighted by Crippen LogP contribution is 2.32. The second kappa shape index (κ2) is 7.21. The fourth-order valence-electron chi connectivity index (χ4n) is 3.37. The van der Waals surface area contributed by atoms with Crippen molar-refractivity contribution in [2.75, 3.05) is 0 Å². The third-order valence-corrected chi connectivity index (χ3v) is 4.73. The molecule has 0 fully saturated rings. The van der Waals surface area contributed by atoms with Gasteiger partial charge in [0.2, 0.25) is 0 Å². The van der Waals surface area contributed by atoms with Gasteiger partial charge in [0.1, 0.15) is 5.52 Å². The minimum absolute atomic E-state index is 0.0141. The van der Waals surface area contributed by atoms with E-state index in [0.717, 1.165) is 11.6 Å². The summed E-state index contributed by atoms with van der Waals surface area (Å²) in [4.78, 5) is 13.0.